The first-order chi connectivity index (χ1) is 22.8. The molecule has 0 fully saturated rings. The van der Waals surface area contributed by atoms with Crippen molar-refractivity contribution in [2.75, 3.05) is 4.90 Å². The monoisotopic (exact) mass is 589 g/mol. The molecule has 0 aliphatic rings. The molecule has 0 unspecified atom stereocenters. The SMILES string of the molecule is c1ccc(N(c2ccccc2)c2ccc3c(c2)oc2cccc(-c4nc(-c5cccc6ccccc56)c5ccccc5n4)c23)cc1. The number of hydrogen-bond donors (Lipinski definition) is 0. The lowest BCUT2D eigenvalue weighted by molar-refractivity contribution is 0.669. The van der Waals surface area contributed by atoms with Gasteiger partial charge < -0.3 is 9.32 Å². The fourth-order valence-electron chi connectivity index (χ4n) is 6.58. The Morgan fingerprint density at radius 1 is 0.435 bits per heavy atom. The number of hydrogen-bond acceptors (Lipinski definition) is 4. The predicted molar refractivity (Wildman–Crippen MR) is 190 cm³/mol. The molecular weight excluding hydrogens is 562 g/mol. The van der Waals surface area contributed by atoms with Crippen LogP contribution in [0, 0.1) is 0 Å². The van der Waals surface area contributed by atoms with Gasteiger partial charge in [0.2, 0.25) is 0 Å². The van der Waals surface area contributed by atoms with E-state index in [2.05, 4.69) is 138 Å². The Hall–Kier alpha value is -6.26. The van der Waals surface area contributed by atoms with E-state index < -0.39 is 0 Å². The average molecular weight is 590 g/mol. The highest BCUT2D eigenvalue weighted by atomic mass is 16.3. The number of fused-ring (bicyclic) bond motifs is 5. The van der Waals surface area contributed by atoms with Gasteiger partial charge in [0.15, 0.2) is 5.82 Å². The number of benzene rings is 7. The first-order valence-corrected chi connectivity index (χ1v) is 15.4. The van der Waals surface area contributed by atoms with Crippen molar-refractivity contribution in [2.24, 2.45) is 0 Å². The Bertz CT molecular complexity index is 2490. The lowest BCUT2D eigenvalue weighted by Crippen LogP contribution is -2.09. The molecule has 0 radical (unpaired) electrons. The Morgan fingerprint density at radius 2 is 1.09 bits per heavy atom. The average Bonchev–Trinajstić information content (AvgIpc) is 3.50. The van der Waals surface area contributed by atoms with Crippen LogP contribution in [0.4, 0.5) is 17.1 Å². The molecule has 2 heterocycles. The van der Waals surface area contributed by atoms with Gasteiger partial charge in [-0.1, -0.05) is 109 Å². The molecule has 0 aliphatic carbocycles. The van der Waals surface area contributed by atoms with Gasteiger partial charge in [-0.3, -0.25) is 0 Å². The summed E-state index contributed by atoms with van der Waals surface area (Å²) in [5, 5.41) is 5.41. The molecule has 0 saturated heterocycles. The third-order valence-corrected chi connectivity index (χ3v) is 8.66. The summed E-state index contributed by atoms with van der Waals surface area (Å²) >= 11 is 0. The molecule has 0 saturated carbocycles. The molecule has 46 heavy (non-hydrogen) atoms. The zero-order valence-corrected chi connectivity index (χ0v) is 24.8. The van der Waals surface area contributed by atoms with Crippen LogP contribution in [0.25, 0.3) is 66.3 Å². The van der Waals surface area contributed by atoms with Crippen LogP contribution in [0.15, 0.2) is 168 Å². The zero-order valence-electron chi connectivity index (χ0n) is 24.8. The first-order valence-electron chi connectivity index (χ1n) is 15.4. The molecular formula is C42H27N3O. The van der Waals surface area contributed by atoms with Gasteiger partial charge in [-0.05, 0) is 59.3 Å². The molecule has 9 aromatic rings. The van der Waals surface area contributed by atoms with Gasteiger partial charge in [-0.2, -0.15) is 0 Å². The van der Waals surface area contributed by atoms with Gasteiger partial charge in [0.05, 0.1) is 11.2 Å². The number of nitrogens with zero attached hydrogens (tertiary/aromatic N) is 3. The van der Waals surface area contributed by atoms with E-state index in [9.17, 15) is 0 Å². The van der Waals surface area contributed by atoms with Gasteiger partial charge >= 0.3 is 0 Å². The normalized spacial score (nSPS) is 11.5. The number of rotatable bonds is 5. The minimum atomic E-state index is 0.675. The molecule has 0 aliphatic heterocycles. The second-order valence-corrected chi connectivity index (χ2v) is 11.4. The molecule has 2 aromatic heterocycles. The van der Waals surface area contributed by atoms with E-state index in [0.29, 0.717) is 5.82 Å². The summed E-state index contributed by atoms with van der Waals surface area (Å²) in [7, 11) is 0. The van der Waals surface area contributed by atoms with Crippen molar-refractivity contribution in [3.05, 3.63) is 164 Å². The van der Waals surface area contributed by atoms with Crippen molar-refractivity contribution in [3.8, 4) is 22.6 Å². The Kier molecular flexibility index (Phi) is 6.10. The van der Waals surface area contributed by atoms with Crippen LogP contribution in [0.1, 0.15) is 0 Å². The van der Waals surface area contributed by atoms with Gasteiger partial charge in [-0.25, -0.2) is 9.97 Å². The van der Waals surface area contributed by atoms with Crippen LogP contribution >= 0.6 is 0 Å². The quantitative estimate of drug-likeness (QED) is 0.200. The highest BCUT2D eigenvalue weighted by Gasteiger charge is 2.20. The number of aromatic nitrogens is 2. The molecule has 0 amide bonds. The van der Waals surface area contributed by atoms with Crippen LogP contribution in [0.2, 0.25) is 0 Å². The lowest BCUT2D eigenvalue weighted by Gasteiger charge is -2.25. The summed E-state index contributed by atoms with van der Waals surface area (Å²) in [6, 6.07) is 56.5. The third-order valence-electron chi connectivity index (χ3n) is 8.66. The van der Waals surface area contributed by atoms with Crippen LogP contribution in [-0.2, 0) is 0 Å². The smallest absolute Gasteiger partial charge is 0.161 e. The van der Waals surface area contributed by atoms with Crippen molar-refractivity contribution in [1.29, 1.82) is 0 Å². The summed E-state index contributed by atoms with van der Waals surface area (Å²) < 4.78 is 6.55. The standard InChI is InChI=1S/C42H27N3O/c1-3-15-29(16-4-1)45(30-17-5-2-6-18-30)31-25-26-35-39(27-31)46-38-24-12-22-36(40(35)38)42-43-37-23-10-9-20-34(37)41(44-42)33-21-11-14-28-13-7-8-19-32(28)33/h1-27H. The Balaban J connectivity index is 1.25. The predicted octanol–water partition coefficient (Wildman–Crippen LogP) is 11.5. The molecule has 0 spiro atoms. The molecule has 0 N–H and O–H groups in total. The second-order valence-electron chi connectivity index (χ2n) is 11.4. The van der Waals surface area contributed by atoms with E-state index in [0.717, 1.165) is 66.7 Å². The van der Waals surface area contributed by atoms with Crippen LogP contribution in [0.5, 0.6) is 0 Å². The van der Waals surface area contributed by atoms with E-state index in [4.69, 9.17) is 14.4 Å². The molecule has 7 aromatic carbocycles. The summed E-state index contributed by atoms with van der Waals surface area (Å²) in [6.45, 7) is 0. The van der Waals surface area contributed by atoms with E-state index >= 15 is 0 Å². The molecule has 4 heteroatoms. The molecule has 9 rings (SSSR count). The first kappa shape index (κ1) is 26.2. The van der Waals surface area contributed by atoms with E-state index in [1.165, 1.54) is 10.8 Å². The van der Waals surface area contributed by atoms with Crippen LogP contribution in [-0.4, -0.2) is 9.97 Å². The number of furan rings is 1. The fraction of sp³-hybridized carbons (Fsp3) is 0. The second kappa shape index (κ2) is 10.7. The topological polar surface area (TPSA) is 42.2 Å². The van der Waals surface area contributed by atoms with Crippen molar-refractivity contribution in [1.82, 2.24) is 9.97 Å². The summed E-state index contributed by atoms with van der Waals surface area (Å²) in [4.78, 5) is 12.7. The van der Waals surface area contributed by atoms with Gasteiger partial charge in [0.1, 0.15) is 11.2 Å². The maximum Gasteiger partial charge on any atom is 0.161 e. The van der Waals surface area contributed by atoms with Crippen molar-refractivity contribution in [2.45, 2.75) is 0 Å². The largest absolute Gasteiger partial charge is 0.456 e. The maximum atomic E-state index is 6.55. The van der Waals surface area contributed by atoms with Crippen molar-refractivity contribution < 1.29 is 4.42 Å². The van der Waals surface area contributed by atoms with Crippen LogP contribution in [0.3, 0.4) is 0 Å². The fourth-order valence-corrected chi connectivity index (χ4v) is 6.58. The highest BCUT2D eigenvalue weighted by molar-refractivity contribution is 6.13. The van der Waals surface area contributed by atoms with Gasteiger partial charge in [0, 0.05) is 50.4 Å². The van der Waals surface area contributed by atoms with Crippen molar-refractivity contribution >= 4 is 60.7 Å². The van der Waals surface area contributed by atoms with E-state index in [1.54, 1.807) is 0 Å². The molecule has 4 nitrogen and oxygen atoms in total. The number of para-hydroxylation sites is 3. The Morgan fingerprint density at radius 3 is 1.89 bits per heavy atom. The molecule has 216 valence electrons. The van der Waals surface area contributed by atoms with E-state index in [1.807, 2.05) is 30.3 Å². The highest BCUT2D eigenvalue weighted by Crippen LogP contribution is 2.41. The van der Waals surface area contributed by atoms with Crippen molar-refractivity contribution in [3.63, 3.8) is 0 Å². The molecule has 0 bridgehead atoms. The van der Waals surface area contributed by atoms with Gasteiger partial charge in [0.25, 0.3) is 0 Å². The summed E-state index contributed by atoms with van der Waals surface area (Å²) in [5.74, 6) is 0.675. The Labute approximate surface area is 265 Å². The summed E-state index contributed by atoms with van der Waals surface area (Å²) in [5.41, 5.74) is 8.66. The minimum absolute atomic E-state index is 0.675. The van der Waals surface area contributed by atoms with E-state index in [-0.39, 0.29) is 0 Å². The molecule has 0 atom stereocenters. The van der Waals surface area contributed by atoms with Gasteiger partial charge in [-0.15, -0.1) is 0 Å². The summed E-state index contributed by atoms with van der Waals surface area (Å²) in [6.07, 6.45) is 0. The third kappa shape index (κ3) is 4.31. The maximum absolute atomic E-state index is 6.55. The zero-order chi connectivity index (χ0) is 30.5. The lowest BCUT2D eigenvalue weighted by atomic mass is 9.98. The minimum Gasteiger partial charge on any atom is -0.456 e. The van der Waals surface area contributed by atoms with Crippen LogP contribution < -0.4 is 4.90 Å². The number of anilines is 3.